The summed E-state index contributed by atoms with van der Waals surface area (Å²) >= 11 is 0. The van der Waals surface area contributed by atoms with Gasteiger partial charge < -0.3 is 9.66 Å². The number of hydrogen-bond acceptors (Lipinski definition) is 4. The molecule has 170 valence electrons. The second kappa shape index (κ2) is 22.7. The van der Waals surface area contributed by atoms with Crippen molar-refractivity contribution in [3.8, 4) is 0 Å². The van der Waals surface area contributed by atoms with E-state index in [0.717, 1.165) is 70.6 Å². The summed E-state index contributed by atoms with van der Waals surface area (Å²) in [6.07, 6.45) is 19.5. The maximum Gasteiger partial charge on any atom is 1.00 e. The van der Waals surface area contributed by atoms with Gasteiger partial charge in [0.05, 0.1) is 16.2 Å². The van der Waals surface area contributed by atoms with E-state index in [4.69, 9.17) is 0 Å². The Labute approximate surface area is 224 Å². The molecule has 0 radical (unpaired) electrons. The van der Waals surface area contributed by atoms with Gasteiger partial charge in [-0.15, -0.1) is 0 Å². The smallest absolute Gasteiger partial charge is 0.748 e. The van der Waals surface area contributed by atoms with Gasteiger partial charge in [0, 0.05) is 5.25 Å². The zero-order chi connectivity index (χ0) is 21.1. The van der Waals surface area contributed by atoms with Crippen molar-refractivity contribution in [1.29, 1.82) is 0 Å². The Morgan fingerprint density at radius 1 is 0.621 bits per heavy atom. The molecule has 0 fully saturated rings. The number of rotatable bonds is 21. The Bertz CT molecular complexity index is 429. The summed E-state index contributed by atoms with van der Waals surface area (Å²) in [6, 6.07) is 0. The molecule has 0 aliphatic heterocycles. The zero-order valence-corrected chi connectivity index (χ0v) is 23.6. The van der Waals surface area contributed by atoms with Crippen molar-refractivity contribution in [3.63, 3.8) is 0 Å². The average molecular weight is 459 g/mol. The third-order valence-corrected chi connectivity index (χ3v) is 7.03. The van der Waals surface area contributed by atoms with Crippen molar-refractivity contribution in [2.45, 2.75) is 147 Å². The molecule has 0 aromatic carbocycles. The Morgan fingerprint density at radius 3 is 1.34 bits per heavy atom. The first-order chi connectivity index (χ1) is 13.4. The van der Waals surface area contributed by atoms with E-state index in [1.807, 2.05) is 0 Å². The van der Waals surface area contributed by atoms with Crippen molar-refractivity contribution < 1.29 is 69.5 Å². The number of hydrogen-bond donors (Lipinski definition) is 1. The Kier molecular flexibility index (Phi) is 25.6. The molecule has 0 aliphatic carbocycles. The first kappa shape index (κ1) is 32.7. The number of aliphatic hydroxyl groups excluding tert-OH is 1. The van der Waals surface area contributed by atoms with Crippen LogP contribution in [0.3, 0.4) is 0 Å². The van der Waals surface area contributed by atoms with Crippen LogP contribution in [0.25, 0.3) is 0 Å². The third kappa shape index (κ3) is 22.5. The molecule has 0 aromatic rings. The Balaban J connectivity index is 0. The molecule has 0 amide bonds. The van der Waals surface area contributed by atoms with E-state index in [1.54, 1.807) is 0 Å². The molecule has 0 spiro atoms. The molecule has 2 atom stereocenters. The second-order valence-electron chi connectivity index (χ2n) is 8.52. The van der Waals surface area contributed by atoms with Crippen LogP contribution in [0.15, 0.2) is 0 Å². The third-order valence-electron chi connectivity index (χ3n) is 5.74. The summed E-state index contributed by atoms with van der Waals surface area (Å²) in [5, 5.41) is 9.36. The van der Waals surface area contributed by atoms with Gasteiger partial charge >= 0.3 is 51.4 Å². The topological polar surface area (TPSA) is 77.4 Å². The first-order valence-electron chi connectivity index (χ1n) is 12.0. The van der Waals surface area contributed by atoms with E-state index in [-0.39, 0.29) is 57.5 Å². The fourth-order valence-corrected chi connectivity index (χ4v) is 4.73. The molecule has 0 aliphatic rings. The van der Waals surface area contributed by atoms with Crippen LogP contribution in [0.1, 0.15) is 136 Å². The molecule has 0 heterocycles. The predicted octanol–water partition coefficient (Wildman–Crippen LogP) is 3.72. The van der Waals surface area contributed by atoms with Crippen molar-refractivity contribution >= 4 is 10.1 Å². The molecular formula is C23H47KO4S. The van der Waals surface area contributed by atoms with Gasteiger partial charge in [-0.2, -0.15) is 0 Å². The van der Waals surface area contributed by atoms with Crippen LogP contribution in [0, 0.1) is 0 Å². The summed E-state index contributed by atoms with van der Waals surface area (Å²) in [4.78, 5) is 0. The monoisotopic (exact) mass is 458 g/mol. The van der Waals surface area contributed by atoms with Crippen molar-refractivity contribution in [2.24, 2.45) is 0 Å². The normalized spacial score (nSPS) is 13.8. The molecule has 29 heavy (non-hydrogen) atoms. The van der Waals surface area contributed by atoms with Gasteiger partial charge in [0.15, 0.2) is 0 Å². The maximum absolute atomic E-state index is 11.4. The Morgan fingerprint density at radius 2 is 0.931 bits per heavy atom. The van der Waals surface area contributed by atoms with E-state index in [1.165, 1.54) is 38.5 Å². The second-order valence-corrected chi connectivity index (χ2v) is 10.2. The molecule has 2 unspecified atom stereocenters. The van der Waals surface area contributed by atoms with Crippen LogP contribution < -0.4 is 51.4 Å². The zero-order valence-electron chi connectivity index (χ0n) is 19.7. The largest absolute Gasteiger partial charge is 1.00 e. The van der Waals surface area contributed by atoms with E-state index in [0.29, 0.717) is 12.8 Å². The first-order valence-corrected chi connectivity index (χ1v) is 13.5. The maximum atomic E-state index is 11.4. The fourth-order valence-electron chi connectivity index (χ4n) is 3.82. The van der Waals surface area contributed by atoms with Gasteiger partial charge in [-0.05, 0) is 25.7 Å². The molecule has 0 aromatic heterocycles. The molecule has 0 rings (SSSR count). The van der Waals surface area contributed by atoms with Gasteiger partial charge in [-0.3, -0.25) is 0 Å². The van der Waals surface area contributed by atoms with Crippen LogP contribution >= 0.6 is 0 Å². The van der Waals surface area contributed by atoms with Crippen LogP contribution in [-0.4, -0.2) is 29.4 Å². The fraction of sp³-hybridized carbons (Fsp3) is 1.00. The minimum atomic E-state index is -4.16. The predicted molar refractivity (Wildman–Crippen MR) is 119 cm³/mol. The van der Waals surface area contributed by atoms with E-state index in [9.17, 15) is 18.1 Å². The van der Waals surface area contributed by atoms with Crippen molar-refractivity contribution in [3.05, 3.63) is 0 Å². The average Bonchev–Trinajstić information content (AvgIpc) is 2.64. The van der Waals surface area contributed by atoms with Gasteiger partial charge in [0.25, 0.3) is 0 Å². The minimum Gasteiger partial charge on any atom is -0.748 e. The molecule has 0 saturated heterocycles. The van der Waals surface area contributed by atoms with Crippen LogP contribution in [0.5, 0.6) is 0 Å². The summed E-state index contributed by atoms with van der Waals surface area (Å²) in [6.45, 7) is 4.31. The van der Waals surface area contributed by atoms with Gasteiger partial charge in [-0.25, -0.2) is 8.42 Å². The summed E-state index contributed by atoms with van der Waals surface area (Å²) in [5.74, 6) is 0. The van der Waals surface area contributed by atoms with Crippen molar-refractivity contribution in [1.82, 2.24) is 0 Å². The van der Waals surface area contributed by atoms with Crippen LogP contribution in [0.4, 0.5) is 0 Å². The summed E-state index contributed by atoms with van der Waals surface area (Å²) in [7, 11) is -4.16. The molecule has 0 saturated carbocycles. The van der Waals surface area contributed by atoms with Crippen LogP contribution in [-0.2, 0) is 10.1 Å². The SMILES string of the molecule is CCCCCCCCCC(O)CCCCCCCC(CCCCC)S(=O)(=O)[O-].[K+]. The summed E-state index contributed by atoms with van der Waals surface area (Å²) in [5.41, 5.74) is 0. The van der Waals surface area contributed by atoms with E-state index < -0.39 is 15.4 Å². The number of unbranched alkanes of at least 4 members (excludes halogenated alkanes) is 12. The Hall–Kier alpha value is 1.51. The van der Waals surface area contributed by atoms with E-state index in [2.05, 4.69) is 13.8 Å². The van der Waals surface area contributed by atoms with Gasteiger partial charge in [0.1, 0.15) is 0 Å². The molecule has 6 heteroatoms. The molecule has 0 bridgehead atoms. The van der Waals surface area contributed by atoms with Gasteiger partial charge in [-0.1, -0.05) is 110 Å². The van der Waals surface area contributed by atoms with Crippen molar-refractivity contribution in [2.75, 3.05) is 0 Å². The van der Waals surface area contributed by atoms with Gasteiger partial charge in [0.2, 0.25) is 0 Å². The number of aliphatic hydroxyl groups is 1. The molecular weight excluding hydrogens is 411 g/mol. The minimum absolute atomic E-state index is 0. The standard InChI is InChI=1S/C23H48O4S.K/c1-3-5-7-8-9-11-15-18-22(24)19-16-12-10-13-17-21-23(28(25,26)27)20-14-6-4-2;/h22-24H,3-21H2,1-2H3,(H,25,26,27);/q;+1/p-1. The quantitative estimate of drug-likeness (QED) is 0.162. The summed E-state index contributed by atoms with van der Waals surface area (Å²) < 4.78 is 34.1. The molecule has 1 N–H and O–H groups in total. The van der Waals surface area contributed by atoms with Crippen LogP contribution in [0.2, 0.25) is 0 Å². The van der Waals surface area contributed by atoms with E-state index >= 15 is 0 Å². The molecule has 4 nitrogen and oxygen atoms in total.